The highest BCUT2D eigenvalue weighted by molar-refractivity contribution is 6.74. The van der Waals surface area contributed by atoms with Gasteiger partial charge >= 0.3 is 11.7 Å². The van der Waals surface area contributed by atoms with Crippen LogP contribution in [0.3, 0.4) is 0 Å². The quantitative estimate of drug-likeness (QED) is 0.160. The molecule has 1 aromatic carbocycles. The van der Waals surface area contributed by atoms with Crippen LogP contribution in [0.4, 0.5) is 0 Å². The van der Waals surface area contributed by atoms with Gasteiger partial charge in [0.05, 0.1) is 13.2 Å². The summed E-state index contributed by atoms with van der Waals surface area (Å²) < 4.78 is 10.9. The zero-order valence-corrected chi connectivity index (χ0v) is 18.1. The van der Waals surface area contributed by atoms with Crippen molar-refractivity contribution in [1.29, 1.82) is 0 Å². The molecule has 0 fully saturated rings. The van der Waals surface area contributed by atoms with Crippen molar-refractivity contribution in [3.05, 3.63) is 41.4 Å². The lowest BCUT2D eigenvalue weighted by molar-refractivity contribution is -0.139. The van der Waals surface area contributed by atoms with E-state index in [1.54, 1.807) is 0 Å². The van der Waals surface area contributed by atoms with E-state index in [0.29, 0.717) is 6.42 Å². The fraction of sp³-hybridized carbons (Fsp3) is 0.550. The minimum atomic E-state index is -2.12. The van der Waals surface area contributed by atoms with Gasteiger partial charge in [-0.1, -0.05) is 51.1 Å². The van der Waals surface area contributed by atoms with Gasteiger partial charge in [0.2, 0.25) is 0 Å². The SMILES string of the molecule is COC(=O)C(=[N+]=[N-])C(=O)CC(CCc1ccccc1)O[Si](C)(C)C(C)(C)C. The highest BCUT2D eigenvalue weighted by Gasteiger charge is 2.41. The topological polar surface area (TPSA) is 89.0 Å². The lowest BCUT2D eigenvalue weighted by Gasteiger charge is -2.39. The molecule has 0 saturated carbocycles. The van der Waals surface area contributed by atoms with Crippen molar-refractivity contribution in [2.45, 2.75) is 64.3 Å². The van der Waals surface area contributed by atoms with Crippen molar-refractivity contribution in [1.82, 2.24) is 0 Å². The van der Waals surface area contributed by atoms with Crippen LogP contribution in [0.1, 0.15) is 39.2 Å². The molecular weight excluding hydrogens is 360 g/mol. The Morgan fingerprint density at radius 3 is 2.26 bits per heavy atom. The van der Waals surface area contributed by atoms with Gasteiger partial charge in [-0.25, -0.2) is 4.79 Å². The van der Waals surface area contributed by atoms with Crippen LogP contribution < -0.4 is 0 Å². The van der Waals surface area contributed by atoms with E-state index in [-0.39, 0.29) is 17.6 Å². The molecule has 0 radical (unpaired) electrons. The molecule has 7 heteroatoms. The average molecular weight is 391 g/mol. The first kappa shape index (κ1) is 23.0. The van der Waals surface area contributed by atoms with Crippen molar-refractivity contribution in [3.63, 3.8) is 0 Å². The highest BCUT2D eigenvalue weighted by atomic mass is 28.4. The predicted molar refractivity (Wildman–Crippen MR) is 107 cm³/mol. The summed E-state index contributed by atoms with van der Waals surface area (Å²) in [7, 11) is -0.986. The molecule has 6 nitrogen and oxygen atoms in total. The van der Waals surface area contributed by atoms with E-state index in [1.807, 2.05) is 30.3 Å². The smallest absolute Gasteiger partial charge is 0.441 e. The minimum absolute atomic E-state index is 0.0166. The Morgan fingerprint density at radius 1 is 1.19 bits per heavy atom. The molecule has 0 aliphatic heterocycles. The van der Waals surface area contributed by atoms with E-state index in [9.17, 15) is 9.59 Å². The van der Waals surface area contributed by atoms with Gasteiger partial charge in [-0.05, 0) is 36.5 Å². The Labute approximate surface area is 162 Å². The summed E-state index contributed by atoms with van der Waals surface area (Å²) in [5, 5.41) is -0.0166. The number of methoxy groups -OCH3 is 1. The number of benzene rings is 1. The molecule has 0 spiro atoms. The second-order valence-corrected chi connectivity index (χ2v) is 12.8. The number of hydrogen-bond acceptors (Lipinski definition) is 4. The number of ketones is 1. The third kappa shape index (κ3) is 6.86. The van der Waals surface area contributed by atoms with E-state index < -0.39 is 25.8 Å². The van der Waals surface area contributed by atoms with Crippen LogP contribution in [0.15, 0.2) is 30.3 Å². The van der Waals surface area contributed by atoms with Crippen LogP contribution in [0.5, 0.6) is 0 Å². The van der Waals surface area contributed by atoms with Gasteiger partial charge < -0.3 is 14.7 Å². The first-order valence-electron chi connectivity index (χ1n) is 9.07. The van der Waals surface area contributed by atoms with Gasteiger partial charge in [0.1, 0.15) is 0 Å². The van der Waals surface area contributed by atoms with E-state index in [0.717, 1.165) is 19.1 Å². The molecule has 0 heterocycles. The fourth-order valence-corrected chi connectivity index (χ4v) is 3.77. The monoisotopic (exact) mass is 390 g/mol. The molecule has 148 valence electrons. The van der Waals surface area contributed by atoms with Gasteiger partial charge in [-0.2, -0.15) is 4.79 Å². The third-order valence-corrected chi connectivity index (χ3v) is 9.56. The molecule has 0 aliphatic carbocycles. The number of carbonyl (C=O) groups is 2. The lowest BCUT2D eigenvalue weighted by Crippen LogP contribution is -2.45. The van der Waals surface area contributed by atoms with Gasteiger partial charge in [0.15, 0.2) is 8.32 Å². The van der Waals surface area contributed by atoms with E-state index in [2.05, 4.69) is 43.4 Å². The van der Waals surface area contributed by atoms with Crippen molar-refractivity contribution < 1.29 is 23.5 Å². The zero-order chi connectivity index (χ0) is 20.7. The molecule has 1 rings (SSSR count). The van der Waals surface area contributed by atoms with Crippen LogP contribution in [-0.2, 0) is 25.2 Å². The average Bonchev–Trinajstić information content (AvgIpc) is 2.59. The summed E-state index contributed by atoms with van der Waals surface area (Å²) in [4.78, 5) is 26.9. The Morgan fingerprint density at radius 2 is 1.78 bits per heavy atom. The standard InChI is InChI=1S/C20H30N2O4Si/c1-20(2,3)27(5,6)26-16(13-12-15-10-8-7-9-11-15)14-17(23)18(22-21)19(24)25-4/h7-11,16H,12-14H2,1-6H3. The predicted octanol–water partition coefficient (Wildman–Crippen LogP) is 3.81. The number of aryl methyl sites for hydroxylation is 1. The Bertz CT molecular complexity index is 704. The van der Waals surface area contributed by atoms with Crippen LogP contribution >= 0.6 is 0 Å². The second-order valence-electron chi connectivity index (χ2n) is 8.09. The van der Waals surface area contributed by atoms with Gasteiger partial charge in [0.25, 0.3) is 5.78 Å². The first-order valence-corrected chi connectivity index (χ1v) is 12.0. The van der Waals surface area contributed by atoms with Crippen LogP contribution in [0, 0.1) is 0 Å². The van der Waals surface area contributed by atoms with Crippen LogP contribution in [0.25, 0.3) is 5.53 Å². The van der Waals surface area contributed by atoms with Crippen molar-refractivity contribution >= 4 is 25.8 Å². The Kier molecular flexibility index (Phi) is 8.28. The molecule has 0 saturated heterocycles. The molecule has 27 heavy (non-hydrogen) atoms. The summed E-state index contributed by atoms with van der Waals surface area (Å²) in [6.45, 7) is 10.6. The second kappa shape index (κ2) is 9.74. The molecule has 1 aromatic rings. The van der Waals surface area contributed by atoms with Crippen molar-refractivity contribution in [2.24, 2.45) is 0 Å². The maximum atomic E-state index is 12.5. The fourth-order valence-electron chi connectivity index (χ4n) is 2.38. The summed E-state index contributed by atoms with van der Waals surface area (Å²) in [5.41, 5.74) is 9.57. The summed E-state index contributed by atoms with van der Waals surface area (Å²) >= 11 is 0. The molecule has 0 aromatic heterocycles. The molecule has 0 aliphatic rings. The van der Waals surface area contributed by atoms with Gasteiger partial charge in [-0.3, -0.25) is 4.79 Å². The van der Waals surface area contributed by atoms with Crippen LogP contribution in [-0.4, -0.2) is 43.8 Å². The Hall–Kier alpha value is -2.08. The molecule has 1 unspecified atom stereocenters. The van der Waals surface area contributed by atoms with Crippen molar-refractivity contribution in [2.75, 3.05) is 7.11 Å². The highest BCUT2D eigenvalue weighted by Crippen LogP contribution is 2.38. The minimum Gasteiger partial charge on any atom is -0.460 e. The molecule has 0 amide bonds. The maximum absolute atomic E-state index is 12.5. The van der Waals surface area contributed by atoms with E-state index in [4.69, 9.17) is 9.96 Å². The van der Waals surface area contributed by atoms with Crippen molar-refractivity contribution in [3.8, 4) is 0 Å². The number of nitrogens with zero attached hydrogens (tertiary/aromatic N) is 2. The Balaban J connectivity index is 2.97. The number of carbonyl (C=O) groups excluding carboxylic acids is 2. The first-order chi connectivity index (χ1) is 12.5. The number of ether oxygens (including phenoxy) is 1. The number of esters is 1. The molecule has 1 atom stereocenters. The maximum Gasteiger partial charge on any atom is 0.441 e. The summed E-state index contributed by atoms with van der Waals surface area (Å²) in [6.07, 6.45) is 0.965. The molecular formula is C20H30N2O4Si. The number of Topliss-reactive ketones (excluding diaryl/α,β-unsaturated/α-hetero) is 1. The van der Waals surface area contributed by atoms with E-state index >= 15 is 0 Å². The summed E-state index contributed by atoms with van der Waals surface area (Å²) in [5.74, 6) is -1.53. The van der Waals surface area contributed by atoms with Gasteiger partial charge in [-0.15, -0.1) is 0 Å². The summed E-state index contributed by atoms with van der Waals surface area (Å²) in [6, 6.07) is 9.95. The molecule has 0 bridgehead atoms. The molecule has 0 N–H and O–H groups in total. The van der Waals surface area contributed by atoms with E-state index in [1.165, 1.54) is 0 Å². The lowest BCUT2D eigenvalue weighted by atomic mass is 10.0. The number of hydrogen-bond donors (Lipinski definition) is 0. The zero-order valence-electron chi connectivity index (χ0n) is 17.1. The number of rotatable bonds is 9. The normalized spacial score (nSPS) is 12.8. The largest absolute Gasteiger partial charge is 0.460 e. The third-order valence-electron chi connectivity index (χ3n) is 5.02. The van der Waals surface area contributed by atoms with Gasteiger partial charge in [0, 0.05) is 6.42 Å². The van der Waals surface area contributed by atoms with Crippen LogP contribution in [0.2, 0.25) is 18.1 Å².